The number of hydrogen-bond donors (Lipinski definition) is 1. The van der Waals surface area contributed by atoms with E-state index in [9.17, 15) is 0 Å². The van der Waals surface area contributed by atoms with Crippen molar-refractivity contribution in [1.82, 2.24) is 0 Å². The predicted molar refractivity (Wildman–Crippen MR) is 61.3 cm³/mol. The van der Waals surface area contributed by atoms with Gasteiger partial charge in [-0.25, -0.2) is 0 Å². The average Bonchev–Trinajstić information content (AvgIpc) is 2.07. The van der Waals surface area contributed by atoms with Crippen LogP contribution in [0.25, 0.3) is 0 Å². The van der Waals surface area contributed by atoms with Crippen LogP contribution in [0.4, 0.5) is 5.69 Å². The molecule has 0 aliphatic carbocycles. The van der Waals surface area contributed by atoms with E-state index >= 15 is 0 Å². The quantitative estimate of drug-likeness (QED) is 0.569. The van der Waals surface area contributed by atoms with E-state index in [1.807, 2.05) is 6.07 Å². The second-order valence-corrected chi connectivity index (χ2v) is 4.85. The normalized spacial score (nSPS) is 21.3. The third-order valence-corrected chi connectivity index (χ3v) is 3.59. The zero-order chi connectivity index (χ0) is 8.55. The van der Waals surface area contributed by atoms with Crippen molar-refractivity contribution in [1.29, 1.82) is 0 Å². The summed E-state index contributed by atoms with van der Waals surface area (Å²) in [5.41, 5.74) is 2.58. The Hall–Kier alpha value is 0.0400. The minimum atomic E-state index is 0.609. The molecule has 1 aromatic carbocycles. The number of nitrogens with one attached hydrogen (secondary N) is 1. The standard InChI is InChI=1S/C9H9ClIN/c10-6-1-2-9-7(5-6)8(11)3-4-12-9/h1-2,5,8,12H,3-4H2. The lowest BCUT2D eigenvalue weighted by atomic mass is 10.0. The van der Waals surface area contributed by atoms with E-state index in [0.29, 0.717) is 3.92 Å². The molecular formula is C9H9ClIN. The highest BCUT2D eigenvalue weighted by molar-refractivity contribution is 14.1. The van der Waals surface area contributed by atoms with Gasteiger partial charge in [0.05, 0.1) is 0 Å². The molecule has 1 nitrogen and oxygen atoms in total. The lowest BCUT2D eigenvalue weighted by Gasteiger charge is -2.22. The minimum absolute atomic E-state index is 0.609. The van der Waals surface area contributed by atoms with E-state index < -0.39 is 0 Å². The molecule has 1 unspecified atom stereocenters. The summed E-state index contributed by atoms with van der Waals surface area (Å²) in [6.45, 7) is 1.07. The summed E-state index contributed by atoms with van der Waals surface area (Å²) in [4.78, 5) is 0. The molecular weight excluding hydrogens is 284 g/mol. The predicted octanol–water partition coefficient (Wildman–Crippen LogP) is 3.63. The van der Waals surface area contributed by atoms with E-state index in [-0.39, 0.29) is 0 Å². The van der Waals surface area contributed by atoms with Crippen molar-refractivity contribution in [2.45, 2.75) is 10.3 Å². The second-order valence-electron chi connectivity index (χ2n) is 2.91. The Kier molecular flexibility index (Phi) is 2.46. The van der Waals surface area contributed by atoms with Gasteiger partial charge in [0.1, 0.15) is 0 Å². The zero-order valence-corrected chi connectivity index (χ0v) is 9.39. The van der Waals surface area contributed by atoms with Gasteiger partial charge in [0.2, 0.25) is 0 Å². The maximum Gasteiger partial charge on any atom is 0.0410 e. The van der Waals surface area contributed by atoms with E-state index in [1.165, 1.54) is 17.7 Å². The first-order valence-electron chi connectivity index (χ1n) is 3.95. The van der Waals surface area contributed by atoms with Crippen molar-refractivity contribution in [3.05, 3.63) is 28.8 Å². The molecule has 2 rings (SSSR count). The molecule has 0 saturated heterocycles. The lowest BCUT2D eigenvalue weighted by molar-refractivity contribution is 0.835. The van der Waals surface area contributed by atoms with Crippen molar-refractivity contribution in [3.8, 4) is 0 Å². The highest BCUT2D eigenvalue weighted by Crippen LogP contribution is 2.37. The smallest absolute Gasteiger partial charge is 0.0410 e. The van der Waals surface area contributed by atoms with E-state index in [2.05, 4.69) is 40.0 Å². The number of rotatable bonds is 0. The monoisotopic (exact) mass is 293 g/mol. The number of fused-ring (bicyclic) bond motifs is 1. The molecule has 1 aromatic rings. The highest BCUT2D eigenvalue weighted by Gasteiger charge is 2.16. The first-order valence-corrected chi connectivity index (χ1v) is 5.57. The maximum atomic E-state index is 5.91. The number of halogens is 2. The molecule has 0 amide bonds. The topological polar surface area (TPSA) is 12.0 Å². The van der Waals surface area contributed by atoms with Crippen LogP contribution in [0.1, 0.15) is 15.9 Å². The van der Waals surface area contributed by atoms with Crippen LogP contribution in [0.2, 0.25) is 5.02 Å². The number of alkyl halides is 1. The third kappa shape index (κ3) is 1.55. The van der Waals surface area contributed by atoms with Crippen LogP contribution in [0.15, 0.2) is 18.2 Å². The van der Waals surface area contributed by atoms with E-state index in [1.54, 1.807) is 0 Å². The zero-order valence-electron chi connectivity index (χ0n) is 6.48. The van der Waals surface area contributed by atoms with Crippen LogP contribution >= 0.6 is 34.2 Å². The molecule has 0 bridgehead atoms. The van der Waals surface area contributed by atoms with E-state index in [4.69, 9.17) is 11.6 Å². The largest absolute Gasteiger partial charge is 0.385 e. The Morgan fingerprint density at radius 1 is 1.50 bits per heavy atom. The van der Waals surface area contributed by atoms with Gasteiger partial charge in [-0.1, -0.05) is 34.2 Å². The van der Waals surface area contributed by atoms with E-state index in [0.717, 1.165) is 11.6 Å². The van der Waals surface area contributed by atoms with Crippen molar-refractivity contribution in [2.75, 3.05) is 11.9 Å². The molecule has 1 N–H and O–H groups in total. The molecule has 1 aliphatic rings. The summed E-state index contributed by atoms with van der Waals surface area (Å²) in [6.07, 6.45) is 1.19. The van der Waals surface area contributed by atoms with Gasteiger partial charge in [-0.15, -0.1) is 0 Å². The van der Waals surface area contributed by atoms with Crippen LogP contribution in [0, 0.1) is 0 Å². The van der Waals surface area contributed by atoms with Gasteiger partial charge in [0, 0.05) is 21.2 Å². The number of benzene rings is 1. The summed E-state index contributed by atoms with van der Waals surface area (Å²) in [6, 6.07) is 6.05. The molecule has 0 radical (unpaired) electrons. The van der Waals surface area contributed by atoms with Crippen LogP contribution in [0.3, 0.4) is 0 Å². The Labute approximate surface area is 90.6 Å². The maximum absolute atomic E-state index is 5.91. The highest BCUT2D eigenvalue weighted by atomic mass is 127. The molecule has 3 heteroatoms. The minimum Gasteiger partial charge on any atom is -0.385 e. The Bertz CT molecular complexity index is 301. The third-order valence-electron chi connectivity index (χ3n) is 2.06. The molecule has 1 heterocycles. The summed E-state index contributed by atoms with van der Waals surface area (Å²) >= 11 is 8.38. The summed E-state index contributed by atoms with van der Waals surface area (Å²) < 4.78 is 0.609. The van der Waals surface area contributed by atoms with Gasteiger partial charge in [0.15, 0.2) is 0 Å². The van der Waals surface area contributed by atoms with Crippen molar-refractivity contribution >= 4 is 39.9 Å². The van der Waals surface area contributed by atoms with Crippen LogP contribution in [-0.4, -0.2) is 6.54 Å². The fraction of sp³-hybridized carbons (Fsp3) is 0.333. The molecule has 0 fully saturated rings. The number of anilines is 1. The van der Waals surface area contributed by atoms with Gasteiger partial charge in [-0.3, -0.25) is 0 Å². The Morgan fingerprint density at radius 2 is 2.33 bits per heavy atom. The fourth-order valence-electron chi connectivity index (χ4n) is 1.44. The average molecular weight is 294 g/mol. The number of hydrogen-bond acceptors (Lipinski definition) is 1. The second kappa shape index (κ2) is 3.42. The lowest BCUT2D eigenvalue weighted by Crippen LogP contribution is -2.12. The van der Waals surface area contributed by atoms with Crippen LogP contribution in [0.5, 0.6) is 0 Å². The van der Waals surface area contributed by atoms with Crippen molar-refractivity contribution in [3.63, 3.8) is 0 Å². The van der Waals surface area contributed by atoms with Crippen LogP contribution in [-0.2, 0) is 0 Å². The van der Waals surface area contributed by atoms with Crippen LogP contribution < -0.4 is 5.32 Å². The van der Waals surface area contributed by atoms with Gasteiger partial charge in [0.25, 0.3) is 0 Å². The SMILES string of the molecule is Clc1ccc2c(c1)C(I)CCN2. The summed E-state index contributed by atoms with van der Waals surface area (Å²) in [5, 5.41) is 4.19. The summed E-state index contributed by atoms with van der Waals surface area (Å²) in [7, 11) is 0. The molecule has 12 heavy (non-hydrogen) atoms. The molecule has 0 saturated carbocycles. The van der Waals surface area contributed by atoms with Gasteiger partial charge in [-0.2, -0.15) is 0 Å². The van der Waals surface area contributed by atoms with Crippen molar-refractivity contribution in [2.24, 2.45) is 0 Å². The molecule has 0 spiro atoms. The first kappa shape index (κ1) is 8.63. The fourth-order valence-corrected chi connectivity index (χ4v) is 2.45. The Balaban J connectivity index is 2.47. The van der Waals surface area contributed by atoms with Gasteiger partial charge < -0.3 is 5.32 Å². The van der Waals surface area contributed by atoms with Gasteiger partial charge >= 0.3 is 0 Å². The molecule has 0 aromatic heterocycles. The molecule has 64 valence electrons. The Morgan fingerprint density at radius 3 is 3.17 bits per heavy atom. The molecule has 1 atom stereocenters. The van der Waals surface area contributed by atoms with Crippen molar-refractivity contribution < 1.29 is 0 Å². The summed E-state index contributed by atoms with van der Waals surface area (Å²) in [5.74, 6) is 0. The molecule has 1 aliphatic heterocycles. The van der Waals surface area contributed by atoms with Gasteiger partial charge in [-0.05, 0) is 30.2 Å². The first-order chi connectivity index (χ1) is 5.77.